The lowest BCUT2D eigenvalue weighted by atomic mass is 10.1. The molecule has 0 saturated heterocycles. The summed E-state index contributed by atoms with van der Waals surface area (Å²) < 4.78 is 10.5. The molecule has 226 valence electrons. The number of hydrogen-bond acceptors (Lipinski definition) is 9. The molecule has 12 nitrogen and oxygen atoms in total. The Morgan fingerprint density at radius 3 is 2.11 bits per heavy atom. The fourth-order valence-corrected chi connectivity index (χ4v) is 4.15. The van der Waals surface area contributed by atoms with Crippen molar-refractivity contribution in [3.8, 4) is 11.5 Å². The standard InChI is InChI=1S/C32H33N7O5/c1-7-28(40)37-24-16-22(12-9-18(24)2)36-32-34-17-23(29(33-4)39-32)31(42)38-25-15-21(11-8-19(25)3)35-30(41)20-10-13-26(43-5)27(14-20)44-6/h7-17H,1H2,2-6H3,(H,35,41)(H,37,40)(H,38,42)(H2,33,34,36,39). The Morgan fingerprint density at radius 1 is 0.795 bits per heavy atom. The van der Waals surface area contributed by atoms with E-state index in [1.807, 2.05) is 26.0 Å². The summed E-state index contributed by atoms with van der Waals surface area (Å²) in [5.74, 6) is 0.352. The maximum Gasteiger partial charge on any atom is 0.261 e. The zero-order valence-corrected chi connectivity index (χ0v) is 25.0. The van der Waals surface area contributed by atoms with Crippen LogP contribution in [0.4, 0.5) is 34.5 Å². The van der Waals surface area contributed by atoms with Crippen LogP contribution in [-0.4, -0.2) is 49.0 Å². The molecule has 4 rings (SSSR count). The molecule has 1 aromatic heterocycles. The number of carbonyl (C=O) groups is 3. The molecule has 0 saturated carbocycles. The fourth-order valence-electron chi connectivity index (χ4n) is 4.15. The van der Waals surface area contributed by atoms with E-state index in [-0.39, 0.29) is 23.3 Å². The highest BCUT2D eigenvalue weighted by Gasteiger charge is 2.17. The van der Waals surface area contributed by atoms with E-state index in [4.69, 9.17) is 9.47 Å². The molecule has 4 aromatic rings. The van der Waals surface area contributed by atoms with Crippen molar-refractivity contribution in [3.05, 3.63) is 95.7 Å². The van der Waals surface area contributed by atoms with E-state index in [0.29, 0.717) is 45.6 Å². The minimum absolute atomic E-state index is 0.208. The number of rotatable bonds is 11. The number of hydrogen-bond donors (Lipinski definition) is 5. The van der Waals surface area contributed by atoms with Gasteiger partial charge in [0.05, 0.1) is 14.2 Å². The molecule has 3 amide bonds. The predicted molar refractivity (Wildman–Crippen MR) is 171 cm³/mol. The summed E-state index contributed by atoms with van der Waals surface area (Å²) >= 11 is 0. The van der Waals surface area contributed by atoms with Gasteiger partial charge in [-0.3, -0.25) is 14.4 Å². The van der Waals surface area contributed by atoms with Crippen molar-refractivity contribution in [2.24, 2.45) is 0 Å². The lowest BCUT2D eigenvalue weighted by molar-refractivity contribution is -0.111. The van der Waals surface area contributed by atoms with Crippen LogP contribution in [0.25, 0.3) is 0 Å². The van der Waals surface area contributed by atoms with Gasteiger partial charge < -0.3 is 36.1 Å². The zero-order chi connectivity index (χ0) is 31.8. The number of aryl methyl sites for hydroxylation is 2. The second-order valence-corrected chi connectivity index (χ2v) is 9.56. The summed E-state index contributed by atoms with van der Waals surface area (Å²) in [5.41, 5.74) is 4.47. The second kappa shape index (κ2) is 13.8. The number of aromatic nitrogens is 2. The van der Waals surface area contributed by atoms with Crippen LogP contribution in [0.2, 0.25) is 0 Å². The van der Waals surface area contributed by atoms with Gasteiger partial charge >= 0.3 is 0 Å². The van der Waals surface area contributed by atoms with Crippen molar-refractivity contribution in [3.63, 3.8) is 0 Å². The van der Waals surface area contributed by atoms with Gasteiger partial charge in [0.2, 0.25) is 11.9 Å². The minimum atomic E-state index is -0.447. The number of methoxy groups -OCH3 is 2. The number of benzene rings is 3. The van der Waals surface area contributed by atoms with Crippen molar-refractivity contribution in [1.29, 1.82) is 0 Å². The van der Waals surface area contributed by atoms with E-state index in [2.05, 4.69) is 43.1 Å². The predicted octanol–water partition coefficient (Wildman–Crippen LogP) is 5.53. The van der Waals surface area contributed by atoms with Gasteiger partial charge in [-0.05, 0) is 73.5 Å². The number of anilines is 6. The molecule has 3 aromatic carbocycles. The monoisotopic (exact) mass is 595 g/mol. The van der Waals surface area contributed by atoms with Crippen LogP contribution in [0.5, 0.6) is 11.5 Å². The number of nitrogens with zero attached hydrogens (tertiary/aromatic N) is 2. The summed E-state index contributed by atoms with van der Waals surface area (Å²) in [5, 5.41) is 14.5. The molecule has 0 fully saturated rings. The highest BCUT2D eigenvalue weighted by molar-refractivity contribution is 6.09. The minimum Gasteiger partial charge on any atom is -0.493 e. The van der Waals surface area contributed by atoms with Gasteiger partial charge in [-0.15, -0.1) is 0 Å². The van der Waals surface area contributed by atoms with Gasteiger partial charge in [0.1, 0.15) is 11.4 Å². The molecule has 0 radical (unpaired) electrons. The Bertz CT molecular complexity index is 1740. The van der Waals surface area contributed by atoms with Crippen LogP contribution in [0, 0.1) is 13.8 Å². The lowest BCUT2D eigenvalue weighted by Crippen LogP contribution is -2.17. The van der Waals surface area contributed by atoms with Crippen LogP contribution in [0.15, 0.2) is 73.4 Å². The average molecular weight is 596 g/mol. The summed E-state index contributed by atoms with van der Waals surface area (Å²) in [6, 6.07) is 15.5. The van der Waals surface area contributed by atoms with Gasteiger partial charge in [0.15, 0.2) is 11.5 Å². The number of nitrogens with one attached hydrogen (secondary N) is 5. The third-order valence-corrected chi connectivity index (χ3v) is 6.60. The molecule has 0 aliphatic heterocycles. The maximum atomic E-state index is 13.3. The highest BCUT2D eigenvalue weighted by atomic mass is 16.5. The van der Waals surface area contributed by atoms with Crippen molar-refractivity contribution in [1.82, 2.24) is 9.97 Å². The van der Waals surface area contributed by atoms with Crippen LogP contribution >= 0.6 is 0 Å². The van der Waals surface area contributed by atoms with Gasteiger partial charge in [-0.2, -0.15) is 4.98 Å². The third-order valence-electron chi connectivity index (χ3n) is 6.60. The van der Waals surface area contributed by atoms with Gasteiger partial charge in [0.25, 0.3) is 11.8 Å². The summed E-state index contributed by atoms with van der Waals surface area (Å²) in [6.07, 6.45) is 2.60. The van der Waals surface area contributed by atoms with Crippen LogP contribution < -0.4 is 36.1 Å². The smallest absolute Gasteiger partial charge is 0.261 e. The Hall–Kier alpha value is -5.91. The van der Waals surface area contributed by atoms with E-state index < -0.39 is 5.91 Å². The van der Waals surface area contributed by atoms with E-state index in [9.17, 15) is 14.4 Å². The Labute approximate surface area is 254 Å². The normalized spacial score (nSPS) is 10.3. The molecule has 0 aliphatic carbocycles. The number of ether oxygens (including phenoxy) is 2. The summed E-state index contributed by atoms with van der Waals surface area (Å²) in [6.45, 7) is 7.18. The summed E-state index contributed by atoms with van der Waals surface area (Å²) in [7, 11) is 4.66. The number of amides is 3. The molecule has 0 unspecified atom stereocenters. The largest absolute Gasteiger partial charge is 0.493 e. The first-order chi connectivity index (χ1) is 21.1. The van der Waals surface area contributed by atoms with Crippen molar-refractivity contribution in [2.45, 2.75) is 13.8 Å². The third kappa shape index (κ3) is 7.29. The molecule has 44 heavy (non-hydrogen) atoms. The molecule has 0 spiro atoms. The SMILES string of the molecule is C=CC(=O)Nc1cc(Nc2ncc(C(=O)Nc3cc(NC(=O)c4ccc(OC)c(OC)c4)ccc3C)c(NC)n2)ccc1C. The van der Waals surface area contributed by atoms with Crippen LogP contribution in [0.1, 0.15) is 31.8 Å². The highest BCUT2D eigenvalue weighted by Crippen LogP contribution is 2.29. The molecule has 0 aliphatic rings. The molecule has 0 bridgehead atoms. The summed E-state index contributed by atoms with van der Waals surface area (Å²) in [4.78, 5) is 46.7. The molecular formula is C32H33N7O5. The quantitative estimate of drug-likeness (QED) is 0.141. The van der Waals surface area contributed by atoms with Crippen molar-refractivity contribution in [2.75, 3.05) is 47.9 Å². The van der Waals surface area contributed by atoms with Crippen molar-refractivity contribution < 1.29 is 23.9 Å². The first kappa shape index (κ1) is 31.0. The van der Waals surface area contributed by atoms with Gasteiger partial charge in [-0.1, -0.05) is 18.7 Å². The van der Waals surface area contributed by atoms with E-state index in [1.54, 1.807) is 49.5 Å². The molecule has 12 heteroatoms. The van der Waals surface area contributed by atoms with Crippen LogP contribution in [0.3, 0.4) is 0 Å². The van der Waals surface area contributed by atoms with Gasteiger partial charge in [0, 0.05) is 41.6 Å². The molecule has 0 atom stereocenters. The first-order valence-corrected chi connectivity index (χ1v) is 13.5. The first-order valence-electron chi connectivity index (χ1n) is 13.5. The molecule has 1 heterocycles. The second-order valence-electron chi connectivity index (χ2n) is 9.56. The van der Waals surface area contributed by atoms with Crippen molar-refractivity contribution >= 4 is 52.2 Å². The van der Waals surface area contributed by atoms with E-state index in [1.165, 1.54) is 26.5 Å². The Morgan fingerprint density at radius 2 is 1.45 bits per heavy atom. The Kier molecular flexibility index (Phi) is 9.76. The lowest BCUT2D eigenvalue weighted by Gasteiger charge is -2.14. The molecular weight excluding hydrogens is 562 g/mol. The van der Waals surface area contributed by atoms with Gasteiger partial charge in [-0.25, -0.2) is 4.98 Å². The van der Waals surface area contributed by atoms with E-state index in [0.717, 1.165) is 11.1 Å². The Balaban J connectivity index is 1.49. The average Bonchev–Trinajstić information content (AvgIpc) is 3.03. The topological polar surface area (TPSA) is 156 Å². The molecule has 5 N–H and O–H groups in total. The zero-order valence-electron chi connectivity index (χ0n) is 25.0. The van der Waals surface area contributed by atoms with Crippen LogP contribution in [-0.2, 0) is 4.79 Å². The van der Waals surface area contributed by atoms with E-state index >= 15 is 0 Å². The fraction of sp³-hybridized carbons (Fsp3) is 0.156. The number of carbonyl (C=O) groups excluding carboxylic acids is 3. The maximum absolute atomic E-state index is 13.3.